The monoisotopic (exact) mass is 201 g/mol. The van der Waals surface area contributed by atoms with Crippen molar-refractivity contribution in [3.05, 3.63) is 0 Å². The van der Waals surface area contributed by atoms with E-state index in [9.17, 15) is 0 Å². The largest absolute Gasteiger partial charge is 0.392 e. The lowest BCUT2D eigenvalue weighted by Crippen LogP contribution is -2.33. The Morgan fingerprint density at radius 3 is 2.85 bits per heavy atom. The number of thiocarbonyl (C=S) groups is 1. The zero-order valence-electron chi connectivity index (χ0n) is 8.49. The number of nitrogens with zero attached hydrogens (tertiary/aromatic N) is 2. The smallest absolute Gasteiger partial charge is 0.0869 e. The minimum absolute atomic E-state index is 0.592. The van der Waals surface area contributed by atoms with Crippen molar-refractivity contribution in [1.29, 1.82) is 0 Å². The Balaban J connectivity index is 2.20. The standard InChI is InChI=1S/C9H19N3S/c1-11-4-3-8(5-11)6-12(2)7-9(10)13/h8H,3-7H2,1-2H3,(H2,10,13). The van der Waals surface area contributed by atoms with Crippen LogP contribution in [-0.4, -0.2) is 55.1 Å². The highest BCUT2D eigenvalue weighted by Crippen LogP contribution is 2.14. The number of likely N-dealkylation sites (N-methyl/N-ethyl adjacent to an activating group) is 1. The number of hydrogen-bond acceptors (Lipinski definition) is 3. The van der Waals surface area contributed by atoms with E-state index in [0.717, 1.165) is 19.0 Å². The molecule has 1 atom stereocenters. The van der Waals surface area contributed by atoms with Gasteiger partial charge in [0.25, 0.3) is 0 Å². The Morgan fingerprint density at radius 1 is 1.69 bits per heavy atom. The van der Waals surface area contributed by atoms with Gasteiger partial charge in [0, 0.05) is 19.6 Å². The zero-order chi connectivity index (χ0) is 9.84. The fourth-order valence-corrected chi connectivity index (χ4v) is 2.17. The van der Waals surface area contributed by atoms with Gasteiger partial charge in [-0.25, -0.2) is 0 Å². The van der Waals surface area contributed by atoms with Gasteiger partial charge in [0.15, 0.2) is 0 Å². The van der Waals surface area contributed by atoms with Crippen LogP contribution < -0.4 is 5.73 Å². The van der Waals surface area contributed by atoms with Crippen molar-refractivity contribution >= 4 is 17.2 Å². The molecule has 0 aromatic heterocycles. The quantitative estimate of drug-likeness (QED) is 0.657. The van der Waals surface area contributed by atoms with Crippen LogP contribution in [0.1, 0.15) is 6.42 Å². The van der Waals surface area contributed by atoms with Gasteiger partial charge in [0.2, 0.25) is 0 Å². The molecule has 1 fully saturated rings. The summed E-state index contributed by atoms with van der Waals surface area (Å²) in [6.07, 6.45) is 1.30. The Kier molecular flexibility index (Phi) is 4.09. The number of hydrogen-bond donors (Lipinski definition) is 1. The van der Waals surface area contributed by atoms with E-state index in [0.29, 0.717) is 4.99 Å². The molecule has 1 rings (SSSR count). The Hall–Kier alpha value is -0.190. The molecule has 0 bridgehead atoms. The average Bonchev–Trinajstić information content (AvgIpc) is 2.33. The normalized spacial score (nSPS) is 24.1. The molecule has 0 aromatic carbocycles. The second-order valence-corrected chi connectivity index (χ2v) is 4.60. The maximum atomic E-state index is 5.47. The molecule has 0 aromatic rings. The second kappa shape index (κ2) is 4.88. The first-order chi connectivity index (χ1) is 6.08. The van der Waals surface area contributed by atoms with E-state index in [-0.39, 0.29) is 0 Å². The van der Waals surface area contributed by atoms with Crippen LogP contribution in [0.5, 0.6) is 0 Å². The third-order valence-corrected chi connectivity index (χ3v) is 2.61. The van der Waals surface area contributed by atoms with Crippen molar-refractivity contribution in [3.63, 3.8) is 0 Å². The van der Waals surface area contributed by atoms with Crippen LogP contribution in [0.2, 0.25) is 0 Å². The Labute approximate surface area is 85.9 Å². The first kappa shape index (κ1) is 10.9. The number of likely N-dealkylation sites (tertiary alicyclic amines) is 1. The topological polar surface area (TPSA) is 32.5 Å². The first-order valence-electron chi connectivity index (χ1n) is 4.73. The predicted molar refractivity (Wildman–Crippen MR) is 59.9 cm³/mol. The van der Waals surface area contributed by atoms with Crippen molar-refractivity contribution in [3.8, 4) is 0 Å². The lowest BCUT2D eigenvalue weighted by molar-refractivity contribution is 0.301. The third-order valence-electron chi connectivity index (χ3n) is 2.48. The molecule has 1 heterocycles. The van der Waals surface area contributed by atoms with E-state index >= 15 is 0 Å². The molecular formula is C9H19N3S. The summed E-state index contributed by atoms with van der Waals surface area (Å²) in [4.78, 5) is 5.18. The summed E-state index contributed by atoms with van der Waals surface area (Å²) >= 11 is 4.86. The van der Waals surface area contributed by atoms with E-state index in [2.05, 4.69) is 23.9 Å². The van der Waals surface area contributed by atoms with E-state index in [1.54, 1.807) is 0 Å². The molecule has 0 radical (unpaired) electrons. The summed E-state index contributed by atoms with van der Waals surface area (Å²) in [7, 11) is 4.26. The fourth-order valence-electron chi connectivity index (χ4n) is 1.95. The molecule has 3 nitrogen and oxygen atoms in total. The number of rotatable bonds is 4. The van der Waals surface area contributed by atoms with E-state index < -0.39 is 0 Å². The van der Waals surface area contributed by atoms with Crippen LogP contribution >= 0.6 is 12.2 Å². The van der Waals surface area contributed by atoms with Gasteiger partial charge in [-0.05, 0) is 33.0 Å². The molecule has 0 amide bonds. The molecule has 1 saturated heterocycles. The third kappa shape index (κ3) is 4.02. The molecule has 76 valence electrons. The highest BCUT2D eigenvalue weighted by atomic mass is 32.1. The second-order valence-electron chi connectivity index (χ2n) is 4.08. The summed E-state index contributed by atoms with van der Waals surface area (Å²) in [5, 5.41) is 0. The van der Waals surface area contributed by atoms with Gasteiger partial charge < -0.3 is 10.6 Å². The SMILES string of the molecule is CN1CCC(CN(C)CC(N)=S)C1. The zero-order valence-corrected chi connectivity index (χ0v) is 9.31. The maximum Gasteiger partial charge on any atom is 0.0869 e. The summed E-state index contributed by atoms with van der Waals surface area (Å²) < 4.78 is 0. The van der Waals surface area contributed by atoms with Crippen LogP contribution in [0.25, 0.3) is 0 Å². The summed E-state index contributed by atoms with van der Waals surface area (Å²) in [5.74, 6) is 0.796. The molecule has 13 heavy (non-hydrogen) atoms. The summed E-state index contributed by atoms with van der Waals surface area (Å²) in [6.45, 7) is 4.30. The Morgan fingerprint density at radius 2 is 2.38 bits per heavy atom. The van der Waals surface area contributed by atoms with Gasteiger partial charge >= 0.3 is 0 Å². The molecule has 1 aliphatic heterocycles. The molecule has 0 aliphatic carbocycles. The predicted octanol–water partition coefficient (Wildman–Crippen LogP) is 0.156. The molecule has 0 saturated carbocycles. The van der Waals surface area contributed by atoms with Crippen LogP contribution in [0.3, 0.4) is 0 Å². The number of nitrogens with two attached hydrogens (primary N) is 1. The molecule has 0 spiro atoms. The maximum absolute atomic E-state index is 5.47. The molecule has 2 N–H and O–H groups in total. The first-order valence-corrected chi connectivity index (χ1v) is 5.14. The minimum Gasteiger partial charge on any atom is -0.392 e. The molecular weight excluding hydrogens is 182 g/mol. The van der Waals surface area contributed by atoms with Crippen molar-refractivity contribution in [1.82, 2.24) is 9.80 Å². The van der Waals surface area contributed by atoms with Gasteiger partial charge in [0.1, 0.15) is 0 Å². The van der Waals surface area contributed by atoms with Crippen LogP contribution in [0.15, 0.2) is 0 Å². The van der Waals surface area contributed by atoms with E-state index in [1.807, 2.05) is 0 Å². The lowest BCUT2D eigenvalue weighted by Gasteiger charge is -2.19. The highest BCUT2D eigenvalue weighted by Gasteiger charge is 2.20. The van der Waals surface area contributed by atoms with Crippen molar-refractivity contribution in [2.75, 3.05) is 40.3 Å². The van der Waals surface area contributed by atoms with E-state index in [1.165, 1.54) is 19.5 Å². The van der Waals surface area contributed by atoms with Crippen molar-refractivity contribution in [2.45, 2.75) is 6.42 Å². The molecule has 4 heteroatoms. The van der Waals surface area contributed by atoms with Crippen molar-refractivity contribution < 1.29 is 0 Å². The highest BCUT2D eigenvalue weighted by molar-refractivity contribution is 7.80. The van der Waals surface area contributed by atoms with Gasteiger partial charge in [-0.3, -0.25) is 4.90 Å². The van der Waals surface area contributed by atoms with Gasteiger partial charge in [-0.1, -0.05) is 12.2 Å². The Bertz CT molecular complexity index is 184. The fraction of sp³-hybridized carbons (Fsp3) is 0.889. The van der Waals surface area contributed by atoms with Gasteiger partial charge in [0.05, 0.1) is 4.99 Å². The van der Waals surface area contributed by atoms with Crippen molar-refractivity contribution in [2.24, 2.45) is 11.7 Å². The average molecular weight is 201 g/mol. The minimum atomic E-state index is 0.592. The molecule has 1 aliphatic rings. The van der Waals surface area contributed by atoms with Crippen LogP contribution in [-0.2, 0) is 0 Å². The van der Waals surface area contributed by atoms with Crippen LogP contribution in [0.4, 0.5) is 0 Å². The summed E-state index contributed by atoms with van der Waals surface area (Å²) in [6, 6.07) is 0. The lowest BCUT2D eigenvalue weighted by atomic mass is 10.1. The molecule has 1 unspecified atom stereocenters. The van der Waals surface area contributed by atoms with E-state index in [4.69, 9.17) is 18.0 Å². The summed E-state index contributed by atoms with van der Waals surface area (Å²) in [5.41, 5.74) is 5.47. The van der Waals surface area contributed by atoms with Gasteiger partial charge in [-0.2, -0.15) is 0 Å². The van der Waals surface area contributed by atoms with Gasteiger partial charge in [-0.15, -0.1) is 0 Å². The van der Waals surface area contributed by atoms with Crippen LogP contribution in [0, 0.1) is 5.92 Å².